The van der Waals surface area contributed by atoms with Gasteiger partial charge in [0.25, 0.3) is 0 Å². The lowest BCUT2D eigenvalue weighted by atomic mass is 10.1. The molecule has 0 aliphatic carbocycles. The number of amidine groups is 1. The molecule has 2 heterocycles. The highest BCUT2D eigenvalue weighted by Gasteiger charge is 2.37. The summed E-state index contributed by atoms with van der Waals surface area (Å²) in [4.78, 5) is -1.34. The van der Waals surface area contributed by atoms with Crippen LogP contribution in [0.25, 0.3) is 22.3 Å². The van der Waals surface area contributed by atoms with E-state index in [0.29, 0.717) is 33.8 Å². The zero-order valence-corrected chi connectivity index (χ0v) is 19.6. The summed E-state index contributed by atoms with van der Waals surface area (Å²) in [5, 5.41) is 20.0. The largest absolute Gasteiger partial charge is 0.426 e. The standard InChI is InChI=1S/C12H9F3N2OS.C12H6F3NS/c13-12(14,15)10-8(7-4-2-1-3-5-7)6-9(19-10)11(16)17-18;13-12(14,15)11-10(6-9(7-16)17-11)8-4-2-1-3-5-8/h1-6,18H,(H2,16,17);1-6H. The average molecular weight is 540 g/mol. The van der Waals surface area contributed by atoms with Crippen molar-refractivity contribution in [1.82, 2.24) is 0 Å². The average Bonchev–Trinajstić information content (AvgIpc) is 3.50. The number of alkyl halides is 6. The van der Waals surface area contributed by atoms with Gasteiger partial charge in [-0.1, -0.05) is 65.8 Å². The molecule has 0 aliphatic heterocycles. The smallest absolute Gasteiger partial charge is 0.409 e. The van der Waals surface area contributed by atoms with Crippen LogP contribution in [0.15, 0.2) is 78.0 Å². The normalized spacial score (nSPS) is 12.0. The van der Waals surface area contributed by atoms with Gasteiger partial charge in [0, 0.05) is 11.1 Å². The number of thiophene rings is 2. The molecule has 2 aromatic heterocycles. The Morgan fingerprint density at radius 1 is 0.778 bits per heavy atom. The van der Waals surface area contributed by atoms with Crippen LogP contribution < -0.4 is 5.73 Å². The van der Waals surface area contributed by atoms with Crippen molar-refractivity contribution in [3.8, 4) is 28.3 Å². The summed E-state index contributed by atoms with van der Waals surface area (Å²) in [6.45, 7) is 0. The Labute approximate surface area is 209 Å². The molecular formula is C24H15F6N3OS2. The Hall–Kier alpha value is -3.82. The topological polar surface area (TPSA) is 82.4 Å². The summed E-state index contributed by atoms with van der Waals surface area (Å²) >= 11 is 0.928. The minimum atomic E-state index is -4.48. The lowest BCUT2D eigenvalue weighted by molar-refractivity contribution is -0.134. The van der Waals surface area contributed by atoms with Crippen molar-refractivity contribution in [3.05, 3.63) is 92.3 Å². The maximum atomic E-state index is 13.0. The number of hydrogen-bond acceptors (Lipinski definition) is 5. The third-order valence-corrected chi connectivity index (χ3v) is 6.91. The Kier molecular flexibility index (Phi) is 8.07. The lowest BCUT2D eigenvalue weighted by Gasteiger charge is -2.07. The molecular weight excluding hydrogens is 524 g/mol. The molecule has 0 radical (unpaired) electrons. The van der Waals surface area contributed by atoms with Gasteiger partial charge in [0.2, 0.25) is 0 Å². The van der Waals surface area contributed by atoms with Crippen LogP contribution in [0, 0.1) is 11.3 Å². The Morgan fingerprint density at radius 2 is 1.22 bits per heavy atom. The summed E-state index contributed by atoms with van der Waals surface area (Å²) in [6.07, 6.45) is -8.91. The van der Waals surface area contributed by atoms with Crippen molar-refractivity contribution in [1.29, 1.82) is 5.26 Å². The van der Waals surface area contributed by atoms with Gasteiger partial charge in [-0.25, -0.2) is 0 Å². The lowest BCUT2D eigenvalue weighted by Crippen LogP contribution is -2.10. The van der Waals surface area contributed by atoms with Gasteiger partial charge in [-0.05, 0) is 23.3 Å². The van der Waals surface area contributed by atoms with Crippen LogP contribution in [-0.2, 0) is 12.4 Å². The van der Waals surface area contributed by atoms with E-state index < -0.39 is 22.1 Å². The molecule has 0 saturated heterocycles. The van der Waals surface area contributed by atoms with Crippen molar-refractivity contribution in [2.24, 2.45) is 10.9 Å². The van der Waals surface area contributed by atoms with Crippen LogP contribution in [0.2, 0.25) is 0 Å². The molecule has 0 bridgehead atoms. The van der Waals surface area contributed by atoms with E-state index >= 15 is 0 Å². The van der Waals surface area contributed by atoms with Gasteiger partial charge in [0.15, 0.2) is 5.84 Å². The fourth-order valence-electron chi connectivity index (χ4n) is 3.10. The number of nitriles is 1. The third kappa shape index (κ3) is 6.24. The van der Waals surface area contributed by atoms with Gasteiger partial charge < -0.3 is 10.9 Å². The Balaban J connectivity index is 0.000000202. The minimum absolute atomic E-state index is 0.0275. The number of benzene rings is 2. The highest BCUT2D eigenvalue weighted by molar-refractivity contribution is 7.14. The first-order chi connectivity index (χ1) is 17.0. The predicted molar refractivity (Wildman–Crippen MR) is 127 cm³/mol. The van der Waals surface area contributed by atoms with Crippen molar-refractivity contribution in [3.63, 3.8) is 0 Å². The first-order valence-electron chi connectivity index (χ1n) is 9.86. The molecule has 0 amide bonds. The fourth-order valence-corrected chi connectivity index (χ4v) is 4.89. The number of rotatable bonds is 3. The summed E-state index contributed by atoms with van der Waals surface area (Å²) < 4.78 is 77.3. The summed E-state index contributed by atoms with van der Waals surface area (Å²) in [5.41, 5.74) is 6.34. The second kappa shape index (κ2) is 10.8. The van der Waals surface area contributed by atoms with Crippen LogP contribution >= 0.6 is 22.7 Å². The molecule has 4 nitrogen and oxygen atoms in total. The van der Waals surface area contributed by atoms with Gasteiger partial charge in [-0.2, -0.15) is 31.6 Å². The quantitative estimate of drug-likeness (QED) is 0.0915. The van der Waals surface area contributed by atoms with E-state index in [0.717, 1.165) is 0 Å². The monoisotopic (exact) mass is 539 g/mol. The van der Waals surface area contributed by atoms with E-state index in [1.807, 2.05) is 0 Å². The van der Waals surface area contributed by atoms with Crippen LogP contribution in [0.3, 0.4) is 0 Å². The van der Waals surface area contributed by atoms with E-state index in [-0.39, 0.29) is 26.7 Å². The highest BCUT2D eigenvalue weighted by atomic mass is 32.1. The maximum absolute atomic E-state index is 13.0. The molecule has 3 N–H and O–H groups in total. The molecule has 0 unspecified atom stereocenters. The van der Waals surface area contributed by atoms with E-state index in [2.05, 4.69) is 5.16 Å². The molecule has 36 heavy (non-hydrogen) atoms. The van der Waals surface area contributed by atoms with E-state index in [9.17, 15) is 26.3 Å². The molecule has 0 saturated carbocycles. The van der Waals surface area contributed by atoms with E-state index in [1.165, 1.54) is 12.1 Å². The van der Waals surface area contributed by atoms with Crippen molar-refractivity contribution in [2.45, 2.75) is 12.4 Å². The number of oxime groups is 1. The van der Waals surface area contributed by atoms with E-state index in [4.69, 9.17) is 16.2 Å². The van der Waals surface area contributed by atoms with E-state index in [1.54, 1.807) is 66.7 Å². The zero-order valence-electron chi connectivity index (χ0n) is 17.9. The fraction of sp³-hybridized carbons (Fsp3) is 0.0833. The molecule has 0 atom stereocenters. The maximum Gasteiger partial charge on any atom is 0.426 e. The van der Waals surface area contributed by atoms with Gasteiger partial charge in [-0.3, -0.25) is 0 Å². The molecule has 4 rings (SSSR count). The summed E-state index contributed by atoms with van der Waals surface area (Å²) in [7, 11) is 0. The Bertz CT molecular complexity index is 1390. The number of hydrogen-bond donors (Lipinski definition) is 2. The minimum Gasteiger partial charge on any atom is -0.409 e. The number of nitrogens with two attached hydrogens (primary N) is 1. The second-order valence-corrected chi connectivity index (χ2v) is 9.14. The van der Waals surface area contributed by atoms with Gasteiger partial charge >= 0.3 is 12.4 Å². The van der Waals surface area contributed by atoms with Gasteiger partial charge in [0.1, 0.15) is 20.7 Å². The molecule has 4 aromatic rings. The molecule has 12 heteroatoms. The Morgan fingerprint density at radius 3 is 1.64 bits per heavy atom. The van der Waals surface area contributed by atoms with Crippen LogP contribution in [-0.4, -0.2) is 11.0 Å². The number of nitrogens with zero attached hydrogens (tertiary/aromatic N) is 2. The van der Waals surface area contributed by atoms with Crippen LogP contribution in [0.5, 0.6) is 0 Å². The van der Waals surface area contributed by atoms with Gasteiger partial charge in [-0.15, -0.1) is 22.7 Å². The first-order valence-corrected chi connectivity index (χ1v) is 11.5. The summed E-state index contributed by atoms with van der Waals surface area (Å²) in [5.74, 6) is -0.335. The van der Waals surface area contributed by atoms with Crippen molar-refractivity contribution in [2.75, 3.05) is 0 Å². The van der Waals surface area contributed by atoms with Gasteiger partial charge in [0.05, 0.1) is 4.88 Å². The van der Waals surface area contributed by atoms with Crippen LogP contribution in [0.4, 0.5) is 26.3 Å². The predicted octanol–water partition coefficient (Wildman–Crippen LogP) is 7.83. The zero-order chi connectivity index (χ0) is 26.5. The molecule has 0 spiro atoms. The molecule has 2 aromatic carbocycles. The molecule has 0 aliphatic rings. The SMILES string of the molecule is N#Cc1cc(-c2ccccc2)c(C(F)(F)F)s1.N/C(=N\O)c1cc(-c2ccccc2)c(C(F)(F)F)s1. The number of halogens is 6. The third-order valence-electron chi connectivity index (χ3n) is 4.62. The second-order valence-electron chi connectivity index (χ2n) is 7.03. The van der Waals surface area contributed by atoms with Crippen molar-refractivity contribution >= 4 is 28.5 Å². The highest BCUT2D eigenvalue weighted by Crippen LogP contribution is 2.43. The molecule has 0 fully saturated rings. The molecule has 186 valence electrons. The first kappa shape index (κ1) is 26.8. The van der Waals surface area contributed by atoms with Crippen LogP contribution in [0.1, 0.15) is 19.5 Å². The van der Waals surface area contributed by atoms with Crippen molar-refractivity contribution < 1.29 is 31.5 Å². The summed E-state index contributed by atoms with van der Waals surface area (Å²) in [6, 6.07) is 20.7.